The van der Waals surface area contributed by atoms with Crippen molar-refractivity contribution in [2.24, 2.45) is 5.92 Å². The number of carbonyl (C=O) groups is 2. The lowest BCUT2D eigenvalue weighted by atomic mass is 10.0. The summed E-state index contributed by atoms with van der Waals surface area (Å²) >= 11 is 0. The van der Waals surface area contributed by atoms with Crippen LogP contribution in [0.1, 0.15) is 74.5 Å². The number of fused-ring (bicyclic) bond motifs is 1. The van der Waals surface area contributed by atoms with E-state index in [0.717, 1.165) is 25.0 Å². The molecule has 0 saturated heterocycles. The van der Waals surface area contributed by atoms with E-state index in [1.165, 1.54) is 12.1 Å². The summed E-state index contributed by atoms with van der Waals surface area (Å²) in [6.45, 7) is 5.44. The van der Waals surface area contributed by atoms with E-state index in [-0.39, 0.29) is 24.1 Å². The molecule has 1 heterocycles. The van der Waals surface area contributed by atoms with Gasteiger partial charge in [-0.15, -0.1) is 0 Å². The van der Waals surface area contributed by atoms with E-state index in [0.29, 0.717) is 52.8 Å². The first-order valence-electron chi connectivity index (χ1n) is 12.1. The van der Waals surface area contributed by atoms with E-state index >= 15 is 0 Å². The number of hydrogen-bond acceptors (Lipinski definition) is 5. The highest BCUT2D eigenvalue weighted by atomic mass is 19.4. The number of halogens is 3. The van der Waals surface area contributed by atoms with Gasteiger partial charge < -0.3 is 4.74 Å². The number of rotatable bonds is 8. The third-order valence-electron chi connectivity index (χ3n) is 5.92. The maximum Gasteiger partial charge on any atom is 0.416 e. The first-order valence-corrected chi connectivity index (χ1v) is 12.1. The normalized spacial score (nSPS) is 14.2. The Hall–Kier alpha value is -3.29. The molecular formula is C28H29F3N2O3. The summed E-state index contributed by atoms with van der Waals surface area (Å²) < 4.78 is 44.5. The number of esters is 1. The second-order valence-electron chi connectivity index (χ2n) is 10.2. The minimum atomic E-state index is -4.43. The van der Waals surface area contributed by atoms with Crippen molar-refractivity contribution < 1.29 is 27.5 Å². The number of carbonyl (C=O) groups excluding carboxylic acids is 2. The number of aryl methyl sites for hydroxylation is 1. The maximum atomic E-state index is 13.1. The predicted octanol–water partition coefficient (Wildman–Crippen LogP) is 6.96. The number of alkyl halides is 3. The Balaban J connectivity index is 1.61. The molecule has 1 aliphatic carbocycles. The third kappa shape index (κ3) is 6.47. The summed E-state index contributed by atoms with van der Waals surface area (Å²) in [5.41, 5.74) is 2.08. The first kappa shape index (κ1) is 25.8. The third-order valence-corrected chi connectivity index (χ3v) is 5.92. The average Bonchev–Trinajstić information content (AvgIpc) is 3.64. The van der Waals surface area contributed by atoms with Crippen LogP contribution in [0.2, 0.25) is 0 Å². The Morgan fingerprint density at radius 1 is 0.944 bits per heavy atom. The molecule has 0 atom stereocenters. The zero-order valence-electron chi connectivity index (χ0n) is 20.6. The second kappa shape index (κ2) is 9.99. The molecule has 5 nitrogen and oxygen atoms in total. The van der Waals surface area contributed by atoms with Gasteiger partial charge in [0.15, 0.2) is 5.78 Å². The second-order valence-corrected chi connectivity index (χ2v) is 10.2. The summed E-state index contributed by atoms with van der Waals surface area (Å²) in [6, 6.07) is 10.1. The van der Waals surface area contributed by atoms with Gasteiger partial charge in [0.2, 0.25) is 0 Å². The van der Waals surface area contributed by atoms with Gasteiger partial charge in [-0.1, -0.05) is 12.1 Å². The molecule has 3 aromatic rings. The van der Waals surface area contributed by atoms with Gasteiger partial charge in [-0.2, -0.15) is 13.2 Å². The molecule has 0 bridgehead atoms. The molecule has 0 spiro atoms. The number of nitrogens with zero attached hydrogens (tertiary/aromatic N) is 2. The van der Waals surface area contributed by atoms with Crippen LogP contribution in [0.5, 0.6) is 0 Å². The standard InChI is InChI=1S/C28H29F3N2O3/c1-27(2,3)36-24(34)7-5-4-6-22-25(17-10-13-20(14-11-17)28(29,30)31)33-21-15-12-19(16-23(21)32-22)26(35)18-8-9-18/h10-16,18H,4-9H2,1-3H3. The van der Waals surface area contributed by atoms with Gasteiger partial charge in [0.05, 0.1) is 28.0 Å². The lowest BCUT2D eigenvalue weighted by Gasteiger charge is -2.19. The molecule has 0 radical (unpaired) electrons. The Morgan fingerprint density at radius 3 is 2.25 bits per heavy atom. The molecule has 36 heavy (non-hydrogen) atoms. The van der Waals surface area contributed by atoms with Crippen LogP contribution in [0, 0.1) is 5.92 Å². The lowest BCUT2D eigenvalue weighted by molar-refractivity contribution is -0.155. The fourth-order valence-corrected chi connectivity index (χ4v) is 4.00. The average molecular weight is 499 g/mol. The summed E-state index contributed by atoms with van der Waals surface area (Å²) in [4.78, 5) is 34.0. The number of Topliss-reactive ketones (excluding diaryl/α,β-unsaturated/α-hetero) is 1. The van der Waals surface area contributed by atoms with Crippen LogP contribution in [0.4, 0.5) is 13.2 Å². The van der Waals surface area contributed by atoms with E-state index in [1.54, 1.807) is 18.2 Å². The Morgan fingerprint density at radius 2 is 1.64 bits per heavy atom. The van der Waals surface area contributed by atoms with Crippen molar-refractivity contribution in [3.8, 4) is 11.3 Å². The molecule has 0 unspecified atom stereocenters. The van der Waals surface area contributed by atoms with Gasteiger partial charge in [0, 0.05) is 23.5 Å². The van der Waals surface area contributed by atoms with E-state index in [1.807, 2.05) is 20.8 Å². The lowest BCUT2D eigenvalue weighted by Crippen LogP contribution is -2.23. The monoisotopic (exact) mass is 498 g/mol. The minimum absolute atomic E-state index is 0.0779. The van der Waals surface area contributed by atoms with Crippen molar-refractivity contribution in [2.45, 2.75) is 71.1 Å². The van der Waals surface area contributed by atoms with Gasteiger partial charge >= 0.3 is 12.1 Å². The molecule has 0 amide bonds. The van der Waals surface area contributed by atoms with Crippen LogP contribution in [-0.4, -0.2) is 27.3 Å². The number of unbranched alkanes of at least 4 members (excludes halogenated alkanes) is 1. The van der Waals surface area contributed by atoms with Crippen LogP contribution < -0.4 is 0 Å². The van der Waals surface area contributed by atoms with E-state index in [9.17, 15) is 22.8 Å². The highest BCUT2D eigenvalue weighted by Gasteiger charge is 2.31. The van der Waals surface area contributed by atoms with Gasteiger partial charge in [0.1, 0.15) is 5.60 Å². The molecule has 1 fully saturated rings. The van der Waals surface area contributed by atoms with Gasteiger partial charge in [-0.25, -0.2) is 9.97 Å². The molecule has 0 aliphatic heterocycles. The van der Waals surface area contributed by atoms with Crippen molar-refractivity contribution in [1.82, 2.24) is 9.97 Å². The molecule has 0 N–H and O–H groups in total. The fraction of sp³-hybridized carbons (Fsp3) is 0.429. The zero-order valence-corrected chi connectivity index (χ0v) is 20.6. The molecule has 8 heteroatoms. The number of benzene rings is 2. The number of ketones is 1. The highest BCUT2D eigenvalue weighted by Crippen LogP contribution is 2.34. The molecule has 4 rings (SSSR count). The largest absolute Gasteiger partial charge is 0.460 e. The molecule has 1 aromatic heterocycles. The summed E-state index contributed by atoms with van der Waals surface area (Å²) in [6.07, 6.45) is -0.703. The van der Waals surface area contributed by atoms with Crippen LogP contribution in [0.15, 0.2) is 42.5 Å². The van der Waals surface area contributed by atoms with Crippen LogP contribution >= 0.6 is 0 Å². The van der Waals surface area contributed by atoms with Gasteiger partial charge in [-0.05, 0) is 83.2 Å². The first-order chi connectivity index (χ1) is 16.9. The number of hydrogen-bond donors (Lipinski definition) is 0. The van der Waals surface area contributed by atoms with Gasteiger partial charge in [0.25, 0.3) is 0 Å². The van der Waals surface area contributed by atoms with Crippen molar-refractivity contribution in [3.63, 3.8) is 0 Å². The topological polar surface area (TPSA) is 69.2 Å². The zero-order chi connectivity index (χ0) is 26.1. The summed E-state index contributed by atoms with van der Waals surface area (Å²) in [5, 5.41) is 0. The molecule has 1 saturated carbocycles. The molecular weight excluding hydrogens is 469 g/mol. The van der Waals surface area contributed by atoms with Crippen LogP contribution in [0.25, 0.3) is 22.3 Å². The van der Waals surface area contributed by atoms with Crippen molar-refractivity contribution >= 4 is 22.8 Å². The molecule has 190 valence electrons. The van der Waals surface area contributed by atoms with Crippen LogP contribution in [0.3, 0.4) is 0 Å². The predicted molar refractivity (Wildman–Crippen MR) is 130 cm³/mol. The summed E-state index contributed by atoms with van der Waals surface area (Å²) in [7, 11) is 0. The molecule has 1 aliphatic rings. The number of ether oxygens (including phenoxy) is 1. The van der Waals surface area contributed by atoms with Crippen molar-refractivity contribution in [2.75, 3.05) is 0 Å². The van der Waals surface area contributed by atoms with Crippen molar-refractivity contribution in [1.29, 1.82) is 0 Å². The smallest absolute Gasteiger partial charge is 0.416 e. The highest BCUT2D eigenvalue weighted by molar-refractivity contribution is 6.01. The van der Waals surface area contributed by atoms with E-state index in [2.05, 4.69) is 0 Å². The molecule has 2 aromatic carbocycles. The van der Waals surface area contributed by atoms with Crippen LogP contribution in [-0.2, 0) is 22.1 Å². The summed E-state index contributed by atoms with van der Waals surface area (Å²) in [5.74, 6) is -0.100. The van der Waals surface area contributed by atoms with E-state index < -0.39 is 17.3 Å². The maximum absolute atomic E-state index is 13.1. The Labute approximate surface area is 208 Å². The number of aromatic nitrogens is 2. The fourth-order valence-electron chi connectivity index (χ4n) is 4.00. The van der Waals surface area contributed by atoms with Crippen molar-refractivity contribution in [3.05, 3.63) is 59.3 Å². The Bertz CT molecular complexity index is 1270. The minimum Gasteiger partial charge on any atom is -0.460 e. The van der Waals surface area contributed by atoms with Gasteiger partial charge in [-0.3, -0.25) is 9.59 Å². The Kier molecular flexibility index (Phi) is 7.16. The van der Waals surface area contributed by atoms with E-state index in [4.69, 9.17) is 14.7 Å². The quantitative estimate of drug-likeness (QED) is 0.191. The SMILES string of the molecule is CC(C)(C)OC(=O)CCCCc1nc2cc(C(=O)C3CC3)ccc2nc1-c1ccc(C(F)(F)F)cc1.